The van der Waals surface area contributed by atoms with Crippen molar-refractivity contribution in [2.75, 3.05) is 6.54 Å². The average molecular weight is 314 g/mol. The van der Waals surface area contributed by atoms with Crippen molar-refractivity contribution in [2.45, 2.75) is 95.6 Å². The van der Waals surface area contributed by atoms with Gasteiger partial charge in [-0.1, -0.05) is 47.0 Å². The third-order valence-corrected chi connectivity index (χ3v) is 7.91. The van der Waals surface area contributed by atoms with Crippen molar-refractivity contribution in [1.29, 1.82) is 0 Å². The van der Waals surface area contributed by atoms with E-state index in [-0.39, 0.29) is 0 Å². The van der Waals surface area contributed by atoms with Gasteiger partial charge in [0.05, 0.1) is 5.25 Å². The second-order valence-electron chi connectivity index (χ2n) is 8.17. The molecule has 4 atom stereocenters. The van der Waals surface area contributed by atoms with Crippen LogP contribution in [0.3, 0.4) is 0 Å². The Morgan fingerprint density at radius 1 is 1.05 bits per heavy atom. The average Bonchev–Trinajstić information content (AvgIpc) is 2.47. The number of rotatable bonds is 4. The van der Waals surface area contributed by atoms with Crippen LogP contribution in [0.2, 0.25) is 0 Å². The summed E-state index contributed by atoms with van der Waals surface area (Å²) in [5.74, 6) is 0.727. The molecular weight excluding hydrogens is 278 g/mol. The first-order valence-corrected chi connectivity index (χ1v) is 10.3. The van der Waals surface area contributed by atoms with Crippen LogP contribution < -0.4 is 5.32 Å². The Morgan fingerprint density at radius 3 is 2.29 bits per heavy atom. The molecule has 2 saturated carbocycles. The summed E-state index contributed by atoms with van der Waals surface area (Å²) in [5.41, 5.74) is 0.353. The van der Waals surface area contributed by atoms with Gasteiger partial charge in [-0.25, -0.2) is 0 Å². The largest absolute Gasteiger partial charge is 0.313 e. The van der Waals surface area contributed by atoms with E-state index in [2.05, 4.69) is 33.0 Å². The molecule has 0 radical (unpaired) electrons. The first-order chi connectivity index (χ1) is 9.93. The molecule has 0 bridgehead atoms. The van der Waals surface area contributed by atoms with Crippen molar-refractivity contribution in [3.05, 3.63) is 0 Å². The molecule has 1 N–H and O–H groups in total. The fraction of sp³-hybridized carbons (Fsp3) is 1.00. The fourth-order valence-corrected chi connectivity index (χ4v) is 6.48. The van der Waals surface area contributed by atoms with Crippen LogP contribution in [0, 0.1) is 11.3 Å². The Bertz CT molecular complexity index is 344. The normalized spacial score (nSPS) is 33.8. The maximum absolute atomic E-state index is 13.2. The standard InChI is InChI=1S/C18H35NOS/c1-5-19-16-12-11-14(18(2,3)4)13-17(16)21(20)15-9-7-6-8-10-15/h14-17,19H,5-13H2,1-4H3. The summed E-state index contributed by atoms with van der Waals surface area (Å²) in [6.07, 6.45) is 9.97. The van der Waals surface area contributed by atoms with Gasteiger partial charge < -0.3 is 5.32 Å². The lowest BCUT2D eigenvalue weighted by Crippen LogP contribution is -2.50. The minimum absolute atomic E-state index is 0.353. The van der Waals surface area contributed by atoms with Gasteiger partial charge in [-0.05, 0) is 50.0 Å². The summed E-state index contributed by atoms with van der Waals surface area (Å²) < 4.78 is 13.2. The van der Waals surface area contributed by atoms with Crippen molar-refractivity contribution < 1.29 is 4.21 Å². The second-order valence-corrected chi connectivity index (χ2v) is 10.1. The Labute approximate surface area is 134 Å². The third-order valence-electron chi connectivity index (χ3n) is 5.66. The van der Waals surface area contributed by atoms with Crippen LogP contribution in [0.25, 0.3) is 0 Å². The monoisotopic (exact) mass is 313 g/mol. The van der Waals surface area contributed by atoms with E-state index in [0.717, 1.165) is 18.9 Å². The summed E-state index contributed by atoms with van der Waals surface area (Å²) in [5, 5.41) is 4.49. The Morgan fingerprint density at radius 2 is 1.71 bits per heavy atom. The molecule has 0 aromatic heterocycles. The summed E-state index contributed by atoms with van der Waals surface area (Å²) in [6, 6.07) is 0.483. The van der Waals surface area contributed by atoms with Crippen LogP contribution in [-0.2, 0) is 10.8 Å². The van der Waals surface area contributed by atoms with E-state index in [4.69, 9.17) is 0 Å². The maximum Gasteiger partial charge on any atom is 0.0506 e. The van der Waals surface area contributed by atoms with E-state index in [1.165, 1.54) is 44.9 Å². The fourth-order valence-electron chi connectivity index (χ4n) is 4.21. The molecule has 2 aliphatic rings. The van der Waals surface area contributed by atoms with E-state index in [9.17, 15) is 4.21 Å². The van der Waals surface area contributed by atoms with Gasteiger partial charge in [0.2, 0.25) is 0 Å². The molecule has 0 aliphatic heterocycles. The van der Waals surface area contributed by atoms with Gasteiger partial charge in [-0.15, -0.1) is 0 Å². The number of nitrogens with one attached hydrogen (secondary N) is 1. The minimum Gasteiger partial charge on any atom is -0.313 e. The zero-order valence-electron chi connectivity index (χ0n) is 14.5. The van der Waals surface area contributed by atoms with Crippen LogP contribution in [0.5, 0.6) is 0 Å². The van der Waals surface area contributed by atoms with Crippen LogP contribution in [0.4, 0.5) is 0 Å². The lowest BCUT2D eigenvalue weighted by atomic mass is 9.71. The molecule has 124 valence electrons. The van der Waals surface area contributed by atoms with Gasteiger partial charge >= 0.3 is 0 Å². The highest BCUT2D eigenvalue weighted by Crippen LogP contribution is 2.40. The van der Waals surface area contributed by atoms with E-state index in [1.807, 2.05) is 0 Å². The summed E-state index contributed by atoms with van der Waals surface area (Å²) in [4.78, 5) is 0. The van der Waals surface area contributed by atoms with Gasteiger partial charge in [0.15, 0.2) is 0 Å². The van der Waals surface area contributed by atoms with Crippen molar-refractivity contribution in [1.82, 2.24) is 5.32 Å². The van der Waals surface area contributed by atoms with Crippen molar-refractivity contribution in [3.8, 4) is 0 Å². The maximum atomic E-state index is 13.2. The highest BCUT2D eigenvalue weighted by atomic mass is 32.2. The molecule has 0 aromatic rings. The third kappa shape index (κ3) is 4.54. The van der Waals surface area contributed by atoms with E-state index < -0.39 is 10.8 Å². The van der Waals surface area contributed by atoms with Gasteiger partial charge in [0.25, 0.3) is 0 Å². The van der Waals surface area contributed by atoms with Gasteiger partial charge in [0.1, 0.15) is 0 Å². The van der Waals surface area contributed by atoms with Gasteiger partial charge in [-0.2, -0.15) is 0 Å². The quantitative estimate of drug-likeness (QED) is 0.840. The Kier molecular flexibility index (Phi) is 6.31. The van der Waals surface area contributed by atoms with Crippen LogP contribution in [0.15, 0.2) is 0 Å². The highest BCUT2D eigenvalue weighted by molar-refractivity contribution is 7.86. The zero-order valence-corrected chi connectivity index (χ0v) is 15.3. The lowest BCUT2D eigenvalue weighted by molar-refractivity contribution is 0.164. The van der Waals surface area contributed by atoms with E-state index in [0.29, 0.717) is 22.0 Å². The molecule has 21 heavy (non-hydrogen) atoms. The van der Waals surface area contributed by atoms with E-state index >= 15 is 0 Å². The molecular formula is C18H35NOS. The second kappa shape index (κ2) is 7.59. The van der Waals surface area contributed by atoms with E-state index in [1.54, 1.807) is 0 Å². The molecule has 4 unspecified atom stereocenters. The first-order valence-electron chi connectivity index (χ1n) is 9.06. The molecule has 0 amide bonds. The number of hydrogen-bond donors (Lipinski definition) is 1. The zero-order chi connectivity index (χ0) is 15.5. The molecule has 0 spiro atoms. The highest BCUT2D eigenvalue weighted by Gasteiger charge is 2.40. The van der Waals surface area contributed by atoms with Crippen LogP contribution >= 0.6 is 0 Å². The van der Waals surface area contributed by atoms with Crippen LogP contribution in [0.1, 0.15) is 79.1 Å². The van der Waals surface area contributed by atoms with Gasteiger partial charge in [-0.3, -0.25) is 4.21 Å². The molecule has 2 fully saturated rings. The number of hydrogen-bond acceptors (Lipinski definition) is 2. The summed E-state index contributed by atoms with van der Waals surface area (Å²) in [7, 11) is -0.642. The summed E-state index contributed by atoms with van der Waals surface area (Å²) in [6.45, 7) is 10.2. The Balaban J connectivity index is 2.07. The molecule has 3 heteroatoms. The molecule has 2 aliphatic carbocycles. The Hall–Kier alpha value is 0.110. The van der Waals surface area contributed by atoms with Crippen LogP contribution in [-0.4, -0.2) is 27.3 Å². The minimum atomic E-state index is -0.642. The lowest BCUT2D eigenvalue weighted by Gasteiger charge is -2.43. The first kappa shape index (κ1) is 17.5. The van der Waals surface area contributed by atoms with Crippen molar-refractivity contribution in [2.24, 2.45) is 11.3 Å². The smallest absolute Gasteiger partial charge is 0.0506 e. The van der Waals surface area contributed by atoms with Gasteiger partial charge in [0, 0.05) is 22.1 Å². The SMILES string of the molecule is CCNC1CCC(C(C)(C)C)CC1S(=O)C1CCCCC1. The molecule has 0 heterocycles. The van der Waals surface area contributed by atoms with Crippen molar-refractivity contribution >= 4 is 10.8 Å². The molecule has 2 rings (SSSR count). The predicted molar refractivity (Wildman–Crippen MR) is 93.1 cm³/mol. The molecule has 0 saturated heterocycles. The molecule has 2 nitrogen and oxygen atoms in total. The molecule has 0 aromatic carbocycles. The summed E-state index contributed by atoms with van der Waals surface area (Å²) >= 11 is 0. The van der Waals surface area contributed by atoms with Crippen molar-refractivity contribution in [3.63, 3.8) is 0 Å². The predicted octanol–water partition coefficient (Wildman–Crippen LogP) is 4.26. The topological polar surface area (TPSA) is 29.1 Å².